The topological polar surface area (TPSA) is 32.3 Å². The summed E-state index contributed by atoms with van der Waals surface area (Å²) < 4.78 is 0. The van der Waals surface area contributed by atoms with Gasteiger partial charge in [-0.2, -0.15) is 0 Å². The Hall–Kier alpha value is -1.06. The quantitative estimate of drug-likeness (QED) is 0.910. The number of carbonyl (C=O) groups excluding carboxylic acids is 1. The first kappa shape index (κ1) is 14.9. The number of hydrogen-bond donors (Lipinski definition) is 1. The summed E-state index contributed by atoms with van der Waals surface area (Å²) in [4.78, 5) is 14.8. The van der Waals surface area contributed by atoms with Gasteiger partial charge in [0.05, 0.1) is 0 Å². The number of benzene rings is 1. The number of carbonyl (C=O) groups is 1. The molecule has 1 aliphatic heterocycles. The van der Waals surface area contributed by atoms with Crippen molar-refractivity contribution in [2.45, 2.75) is 31.7 Å². The van der Waals surface area contributed by atoms with Crippen molar-refractivity contribution >= 4 is 17.5 Å². The maximum atomic E-state index is 12.4. The van der Waals surface area contributed by atoms with Gasteiger partial charge in [0.2, 0.25) is 0 Å². The highest BCUT2D eigenvalue weighted by Crippen LogP contribution is 2.36. The molecule has 1 saturated heterocycles. The summed E-state index contributed by atoms with van der Waals surface area (Å²) in [5.41, 5.74) is 0.700. The van der Waals surface area contributed by atoms with Crippen LogP contribution >= 0.6 is 11.6 Å². The van der Waals surface area contributed by atoms with Gasteiger partial charge < -0.3 is 10.2 Å². The lowest BCUT2D eigenvalue weighted by Gasteiger charge is -2.44. The van der Waals surface area contributed by atoms with Crippen LogP contribution in [0, 0.1) is 11.8 Å². The molecule has 1 aromatic carbocycles. The molecule has 1 amide bonds. The number of halogens is 1. The van der Waals surface area contributed by atoms with E-state index in [9.17, 15) is 4.79 Å². The van der Waals surface area contributed by atoms with E-state index in [4.69, 9.17) is 11.6 Å². The smallest absolute Gasteiger partial charge is 0.251 e. The highest BCUT2D eigenvalue weighted by Gasteiger charge is 2.37. The number of hydrogen-bond acceptors (Lipinski definition) is 2. The van der Waals surface area contributed by atoms with Crippen LogP contribution in [0.1, 0.15) is 36.0 Å². The largest absolute Gasteiger partial charge is 0.349 e. The summed E-state index contributed by atoms with van der Waals surface area (Å²) in [5.74, 6) is 1.42. The van der Waals surface area contributed by atoms with Crippen molar-refractivity contribution in [1.82, 2.24) is 10.2 Å². The first-order chi connectivity index (χ1) is 10.1. The van der Waals surface area contributed by atoms with Crippen LogP contribution in [-0.4, -0.2) is 37.0 Å². The number of nitrogens with zero attached hydrogens (tertiary/aromatic N) is 1. The van der Waals surface area contributed by atoms with Crippen LogP contribution in [0.4, 0.5) is 0 Å². The summed E-state index contributed by atoms with van der Waals surface area (Å²) in [6, 6.07) is 7.45. The van der Waals surface area contributed by atoms with Crippen molar-refractivity contribution in [3.05, 3.63) is 34.9 Å². The van der Waals surface area contributed by atoms with Crippen LogP contribution in [0.2, 0.25) is 5.02 Å². The van der Waals surface area contributed by atoms with Gasteiger partial charge in [-0.05, 0) is 69.0 Å². The van der Waals surface area contributed by atoms with E-state index >= 15 is 0 Å². The maximum absolute atomic E-state index is 12.4. The fourth-order valence-corrected chi connectivity index (χ4v) is 3.99. The highest BCUT2D eigenvalue weighted by molar-refractivity contribution is 6.30. The number of amides is 1. The predicted molar refractivity (Wildman–Crippen MR) is 85.7 cm³/mol. The molecule has 0 bridgehead atoms. The number of piperidine rings is 1. The summed E-state index contributed by atoms with van der Waals surface area (Å²) in [6.45, 7) is 2.30. The van der Waals surface area contributed by atoms with Crippen LogP contribution in [0.25, 0.3) is 0 Å². The maximum Gasteiger partial charge on any atom is 0.251 e. The van der Waals surface area contributed by atoms with Gasteiger partial charge in [-0.3, -0.25) is 4.79 Å². The molecule has 1 heterocycles. The minimum atomic E-state index is 0.0329. The third-order valence-corrected chi connectivity index (χ3v) is 5.29. The molecule has 0 spiro atoms. The molecule has 2 aliphatic rings. The molecule has 1 saturated carbocycles. The molecule has 2 fully saturated rings. The second-order valence-corrected chi connectivity index (χ2v) is 6.93. The fourth-order valence-electron chi connectivity index (χ4n) is 3.86. The van der Waals surface area contributed by atoms with E-state index in [0.29, 0.717) is 22.5 Å². The van der Waals surface area contributed by atoms with Crippen LogP contribution in [0.3, 0.4) is 0 Å². The zero-order chi connectivity index (χ0) is 14.8. The molecule has 21 heavy (non-hydrogen) atoms. The Morgan fingerprint density at radius 3 is 2.76 bits per heavy atom. The lowest BCUT2D eigenvalue weighted by Crippen LogP contribution is -2.52. The van der Waals surface area contributed by atoms with E-state index in [1.54, 1.807) is 24.3 Å². The summed E-state index contributed by atoms with van der Waals surface area (Å²) in [5, 5.41) is 3.93. The lowest BCUT2D eigenvalue weighted by atomic mass is 9.72. The van der Waals surface area contributed by atoms with Crippen LogP contribution in [-0.2, 0) is 0 Å². The Labute approximate surface area is 131 Å². The van der Waals surface area contributed by atoms with Gasteiger partial charge in [-0.1, -0.05) is 18.0 Å². The summed E-state index contributed by atoms with van der Waals surface area (Å²) in [7, 11) is 2.18. The van der Waals surface area contributed by atoms with Crippen LogP contribution in [0.15, 0.2) is 24.3 Å². The monoisotopic (exact) mass is 306 g/mol. The molecule has 3 atom stereocenters. The predicted octanol–water partition coefficient (Wildman–Crippen LogP) is 3.19. The number of rotatable bonds is 2. The van der Waals surface area contributed by atoms with E-state index in [2.05, 4.69) is 17.3 Å². The molecule has 1 aromatic rings. The Kier molecular flexibility index (Phi) is 4.51. The fraction of sp³-hybridized carbons (Fsp3) is 0.588. The van der Waals surface area contributed by atoms with Crippen LogP contribution in [0.5, 0.6) is 0 Å². The van der Waals surface area contributed by atoms with Crippen molar-refractivity contribution in [2.75, 3.05) is 20.1 Å². The molecular weight excluding hydrogens is 284 g/mol. The van der Waals surface area contributed by atoms with Crippen molar-refractivity contribution in [2.24, 2.45) is 11.8 Å². The number of nitrogens with one attached hydrogen (secondary N) is 1. The first-order valence-electron chi connectivity index (χ1n) is 7.88. The molecule has 3 nitrogen and oxygen atoms in total. The third-order valence-electron chi connectivity index (χ3n) is 5.04. The number of fused-ring (bicyclic) bond motifs is 1. The molecule has 0 unspecified atom stereocenters. The molecule has 4 heteroatoms. The molecule has 0 radical (unpaired) electrons. The second kappa shape index (κ2) is 6.37. The summed E-state index contributed by atoms with van der Waals surface area (Å²) >= 11 is 5.88. The standard InChI is InChI=1S/C17H23ClN2O/c1-20-10-9-12-3-2-4-16(15(12)11-20)19-17(21)13-5-7-14(18)8-6-13/h5-8,12,15-16H,2-4,9-11H2,1H3,(H,19,21)/t12-,15+,16-/m1/s1. The molecule has 1 aliphatic carbocycles. The third kappa shape index (κ3) is 3.41. The Morgan fingerprint density at radius 2 is 2.00 bits per heavy atom. The van der Waals surface area contributed by atoms with Crippen molar-refractivity contribution in [1.29, 1.82) is 0 Å². The average molecular weight is 307 g/mol. The molecule has 114 valence electrons. The van der Waals surface area contributed by atoms with Gasteiger partial charge in [-0.25, -0.2) is 0 Å². The Morgan fingerprint density at radius 1 is 1.24 bits per heavy atom. The Bertz CT molecular complexity index is 502. The van der Waals surface area contributed by atoms with Gasteiger partial charge in [0.25, 0.3) is 5.91 Å². The van der Waals surface area contributed by atoms with Crippen molar-refractivity contribution in [3.8, 4) is 0 Å². The second-order valence-electron chi connectivity index (χ2n) is 6.49. The van der Waals surface area contributed by atoms with Gasteiger partial charge in [-0.15, -0.1) is 0 Å². The van der Waals surface area contributed by atoms with E-state index in [0.717, 1.165) is 18.9 Å². The number of likely N-dealkylation sites (tertiary alicyclic amines) is 1. The highest BCUT2D eigenvalue weighted by atomic mass is 35.5. The minimum absolute atomic E-state index is 0.0329. The van der Waals surface area contributed by atoms with Gasteiger partial charge in [0.15, 0.2) is 0 Å². The van der Waals surface area contributed by atoms with Crippen LogP contribution < -0.4 is 5.32 Å². The molecule has 1 N–H and O–H groups in total. The zero-order valence-corrected chi connectivity index (χ0v) is 13.3. The van der Waals surface area contributed by atoms with Gasteiger partial charge in [0.1, 0.15) is 0 Å². The van der Waals surface area contributed by atoms with E-state index in [1.165, 1.54) is 25.8 Å². The van der Waals surface area contributed by atoms with Gasteiger partial charge in [0, 0.05) is 23.2 Å². The van der Waals surface area contributed by atoms with Crippen molar-refractivity contribution in [3.63, 3.8) is 0 Å². The molecule has 3 rings (SSSR count). The van der Waals surface area contributed by atoms with E-state index in [1.807, 2.05) is 0 Å². The molecule has 0 aromatic heterocycles. The SMILES string of the molecule is CN1CC[C@H]2CCC[C@@H](NC(=O)c3ccc(Cl)cc3)[C@H]2C1. The lowest BCUT2D eigenvalue weighted by molar-refractivity contribution is 0.0650. The molecular formula is C17H23ClN2O. The summed E-state index contributed by atoms with van der Waals surface area (Å²) in [6.07, 6.45) is 4.94. The zero-order valence-electron chi connectivity index (χ0n) is 12.5. The van der Waals surface area contributed by atoms with E-state index in [-0.39, 0.29) is 5.91 Å². The van der Waals surface area contributed by atoms with Gasteiger partial charge >= 0.3 is 0 Å². The first-order valence-corrected chi connectivity index (χ1v) is 8.26. The average Bonchev–Trinajstić information content (AvgIpc) is 2.48. The normalized spacial score (nSPS) is 29.7. The Balaban J connectivity index is 1.68. The van der Waals surface area contributed by atoms with Crippen molar-refractivity contribution < 1.29 is 4.79 Å². The minimum Gasteiger partial charge on any atom is -0.349 e. The van der Waals surface area contributed by atoms with E-state index < -0.39 is 0 Å².